The van der Waals surface area contributed by atoms with Crippen molar-refractivity contribution in [3.63, 3.8) is 0 Å². The normalized spacial score (nSPS) is 11.4. The minimum Gasteiger partial charge on any atom is -0.456 e. The molecule has 0 atom stereocenters. The van der Waals surface area contributed by atoms with Crippen LogP contribution < -0.4 is 5.73 Å². The molecular weight excluding hydrogens is 376 g/mol. The van der Waals surface area contributed by atoms with Crippen LogP contribution in [0.15, 0.2) is 45.4 Å². The molecule has 4 aromatic rings. The molecule has 6 heteroatoms. The standard InChI is InChI=1S/C17H11BrN2O2S/c1-8(21)16-15(19)12-5-10(7-20-17(12)23-16)14-6-9-4-11(18)2-3-13(9)22-14/h2-7H,19H2,1H3. The Bertz CT molecular complexity index is 1080. The molecule has 0 aliphatic heterocycles. The highest BCUT2D eigenvalue weighted by atomic mass is 79.9. The molecule has 2 N–H and O–H groups in total. The number of hydrogen-bond donors (Lipinski definition) is 1. The molecule has 0 fully saturated rings. The van der Waals surface area contributed by atoms with Crippen molar-refractivity contribution in [1.82, 2.24) is 4.98 Å². The number of fused-ring (bicyclic) bond motifs is 2. The zero-order valence-corrected chi connectivity index (χ0v) is 14.5. The van der Waals surface area contributed by atoms with Crippen molar-refractivity contribution in [3.05, 3.63) is 45.9 Å². The molecule has 114 valence electrons. The highest BCUT2D eigenvalue weighted by Gasteiger charge is 2.16. The van der Waals surface area contributed by atoms with Gasteiger partial charge in [0.15, 0.2) is 5.78 Å². The second-order valence-electron chi connectivity index (χ2n) is 5.27. The number of rotatable bonds is 2. The van der Waals surface area contributed by atoms with Gasteiger partial charge in [0.2, 0.25) is 0 Å². The Morgan fingerprint density at radius 1 is 1.30 bits per heavy atom. The van der Waals surface area contributed by atoms with Crippen molar-refractivity contribution < 1.29 is 9.21 Å². The summed E-state index contributed by atoms with van der Waals surface area (Å²) < 4.78 is 6.89. The summed E-state index contributed by atoms with van der Waals surface area (Å²) in [5.74, 6) is 0.683. The van der Waals surface area contributed by atoms with Crippen LogP contribution in [0.5, 0.6) is 0 Å². The molecule has 0 saturated carbocycles. The summed E-state index contributed by atoms with van der Waals surface area (Å²) in [6.45, 7) is 1.51. The van der Waals surface area contributed by atoms with Crippen molar-refractivity contribution >= 4 is 59.9 Å². The lowest BCUT2D eigenvalue weighted by atomic mass is 10.1. The number of hydrogen-bond acceptors (Lipinski definition) is 5. The van der Waals surface area contributed by atoms with Gasteiger partial charge in [-0.25, -0.2) is 4.98 Å². The van der Waals surface area contributed by atoms with E-state index in [2.05, 4.69) is 20.9 Å². The fourth-order valence-electron chi connectivity index (χ4n) is 2.55. The number of aromatic nitrogens is 1. The highest BCUT2D eigenvalue weighted by molar-refractivity contribution is 9.10. The van der Waals surface area contributed by atoms with Crippen LogP contribution in [0.3, 0.4) is 0 Å². The zero-order valence-electron chi connectivity index (χ0n) is 12.1. The van der Waals surface area contributed by atoms with Gasteiger partial charge in [-0.15, -0.1) is 11.3 Å². The quantitative estimate of drug-likeness (QED) is 0.477. The van der Waals surface area contributed by atoms with Crippen LogP contribution in [0.2, 0.25) is 0 Å². The van der Waals surface area contributed by atoms with Crippen LogP contribution in [0, 0.1) is 0 Å². The third-order valence-corrected chi connectivity index (χ3v) is 5.39. The van der Waals surface area contributed by atoms with Crippen LogP contribution in [0.1, 0.15) is 16.6 Å². The third kappa shape index (κ3) is 2.34. The van der Waals surface area contributed by atoms with Crippen molar-refractivity contribution in [2.75, 3.05) is 5.73 Å². The van der Waals surface area contributed by atoms with E-state index >= 15 is 0 Å². The van der Waals surface area contributed by atoms with Gasteiger partial charge in [0.05, 0.1) is 10.6 Å². The first-order chi connectivity index (χ1) is 11.0. The summed E-state index contributed by atoms with van der Waals surface area (Å²) in [6.07, 6.45) is 1.74. The van der Waals surface area contributed by atoms with E-state index in [1.54, 1.807) is 6.20 Å². The van der Waals surface area contributed by atoms with Gasteiger partial charge in [-0.2, -0.15) is 0 Å². The SMILES string of the molecule is CC(=O)c1sc2ncc(-c3cc4cc(Br)ccc4o3)cc2c1N. The number of Topliss-reactive ketones (excluding diaryl/α,β-unsaturated/α-hetero) is 1. The molecule has 1 aromatic carbocycles. The molecule has 0 radical (unpaired) electrons. The number of carbonyl (C=O) groups is 1. The monoisotopic (exact) mass is 386 g/mol. The largest absolute Gasteiger partial charge is 0.456 e. The van der Waals surface area contributed by atoms with E-state index < -0.39 is 0 Å². The number of thiophene rings is 1. The molecule has 23 heavy (non-hydrogen) atoms. The van der Waals surface area contributed by atoms with Crippen LogP contribution in [0.4, 0.5) is 5.69 Å². The summed E-state index contributed by atoms with van der Waals surface area (Å²) >= 11 is 4.78. The van der Waals surface area contributed by atoms with E-state index in [-0.39, 0.29) is 5.78 Å². The second-order valence-corrected chi connectivity index (χ2v) is 7.19. The summed E-state index contributed by atoms with van der Waals surface area (Å²) in [5, 5.41) is 1.80. The molecule has 4 rings (SSSR count). The number of ketones is 1. The van der Waals surface area contributed by atoms with Gasteiger partial charge >= 0.3 is 0 Å². The highest BCUT2D eigenvalue weighted by Crippen LogP contribution is 2.36. The summed E-state index contributed by atoms with van der Waals surface area (Å²) in [7, 11) is 0. The van der Waals surface area contributed by atoms with Gasteiger partial charge in [0, 0.05) is 33.9 Å². The first-order valence-electron chi connectivity index (χ1n) is 6.91. The maximum Gasteiger partial charge on any atom is 0.171 e. The van der Waals surface area contributed by atoms with Gasteiger partial charge in [0.25, 0.3) is 0 Å². The third-order valence-electron chi connectivity index (χ3n) is 3.67. The molecule has 0 bridgehead atoms. The van der Waals surface area contributed by atoms with Gasteiger partial charge in [-0.3, -0.25) is 4.79 Å². The Hall–Kier alpha value is -2.18. The summed E-state index contributed by atoms with van der Waals surface area (Å²) in [5.41, 5.74) is 8.23. The van der Waals surface area contributed by atoms with Gasteiger partial charge < -0.3 is 10.2 Å². The van der Waals surface area contributed by atoms with Gasteiger partial charge in [0.1, 0.15) is 16.2 Å². The maximum absolute atomic E-state index is 11.6. The van der Waals surface area contributed by atoms with E-state index in [9.17, 15) is 4.79 Å². The van der Waals surface area contributed by atoms with Gasteiger partial charge in [-0.1, -0.05) is 15.9 Å². The molecule has 0 saturated heterocycles. The zero-order chi connectivity index (χ0) is 16.1. The first-order valence-corrected chi connectivity index (χ1v) is 8.52. The number of nitrogens with two attached hydrogens (primary N) is 1. The van der Waals surface area contributed by atoms with E-state index in [0.717, 1.165) is 37.0 Å². The van der Waals surface area contributed by atoms with Crippen LogP contribution in [0.25, 0.3) is 32.5 Å². The van der Waals surface area contributed by atoms with Crippen molar-refractivity contribution in [2.24, 2.45) is 0 Å². The maximum atomic E-state index is 11.6. The molecule has 4 nitrogen and oxygen atoms in total. The molecule has 3 aromatic heterocycles. The summed E-state index contributed by atoms with van der Waals surface area (Å²) in [6, 6.07) is 9.75. The average Bonchev–Trinajstić information content (AvgIpc) is 3.08. The minimum absolute atomic E-state index is 0.0411. The summed E-state index contributed by atoms with van der Waals surface area (Å²) in [4.78, 5) is 17.4. The number of nitrogen functional groups attached to an aromatic ring is 1. The Labute approximate surface area is 144 Å². The fourth-order valence-corrected chi connectivity index (χ4v) is 3.87. The average molecular weight is 387 g/mol. The van der Waals surface area contributed by atoms with Crippen LogP contribution in [-0.2, 0) is 0 Å². The Balaban J connectivity index is 1.90. The topological polar surface area (TPSA) is 69.1 Å². The number of nitrogens with zero attached hydrogens (tertiary/aromatic N) is 1. The smallest absolute Gasteiger partial charge is 0.171 e. The lowest BCUT2D eigenvalue weighted by molar-refractivity contribution is 0.102. The van der Waals surface area contributed by atoms with Gasteiger partial charge in [-0.05, 0) is 30.3 Å². The molecule has 0 spiro atoms. The predicted octanol–water partition coefficient (Wildman–Crippen LogP) is 5.26. The molecule has 0 unspecified atom stereocenters. The number of anilines is 1. The Morgan fingerprint density at radius 2 is 2.13 bits per heavy atom. The Morgan fingerprint density at radius 3 is 2.91 bits per heavy atom. The molecule has 0 aliphatic rings. The number of carbonyl (C=O) groups excluding carboxylic acids is 1. The molecule has 3 heterocycles. The lowest BCUT2D eigenvalue weighted by Crippen LogP contribution is -1.93. The lowest BCUT2D eigenvalue weighted by Gasteiger charge is -1.97. The fraction of sp³-hybridized carbons (Fsp3) is 0.0588. The van der Waals surface area contributed by atoms with Crippen molar-refractivity contribution in [2.45, 2.75) is 6.92 Å². The predicted molar refractivity (Wildman–Crippen MR) is 96.9 cm³/mol. The Kier molecular flexibility index (Phi) is 3.25. The van der Waals surface area contributed by atoms with Crippen LogP contribution in [-0.4, -0.2) is 10.8 Å². The second kappa shape index (κ2) is 5.18. The van der Waals surface area contributed by atoms with Crippen molar-refractivity contribution in [1.29, 1.82) is 0 Å². The van der Waals surface area contributed by atoms with E-state index in [1.807, 2.05) is 30.3 Å². The van der Waals surface area contributed by atoms with E-state index in [0.29, 0.717) is 10.6 Å². The van der Waals surface area contributed by atoms with E-state index in [1.165, 1.54) is 18.3 Å². The number of furan rings is 1. The van der Waals surface area contributed by atoms with E-state index in [4.69, 9.17) is 10.2 Å². The molecule has 0 amide bonds. The van der Waals surface area contributed by atoms with Crippen LogP contribution >= 0.6 is 27.3 Å². The number of pyridine rings is 1. The molecular formula is C17H11BrN2O2S. The number of benzene rings is 1. The minimum atomic E-state index is -0.0411. The van der Waals surface area contributed by atoms with Crippen molar-refractivity contribution in [3.8, 4) is 11.3 Å². The molecule has 0 aliphatic carbocycles. The number of halogens is 1. The first kappa shape index (κ1) is 14.4.